The molecule has 0 radical (unpaired) electrons. The van der Waals surface area contributed by atoms with Crippen LogP contribution in [-0.2, 0) is 4.74 Å². The number of carbonyl (C=O) groups is 1. The lowest BCUT2D eigenvalue weighted by Crippen LogP contribution is -2.54. The van der Waals surface area contributed by atoms with Gasteiger partial charge >= 0.3 is 0 Å². The number of thioether (sulfide) groups is 1. The first-order valence-electron chi connectivity index (χ1n) is 8.78. The van der Waals surface area contributed by atoms with E-state index in [1.165, 1.54) is 0 Å². The van der Waals surface area contributed by atoms with Gasteiger partial charge in [-0.05, 0) is 40.2 Å². The van der Waals surface area contributed by atoms with Crippen LogP contribution >= 0.6 is 43.6 Å². The highest BCUT2D eigenvalue weighted by Crippen LogP contribution is 2.45. The summed E-state index contributed by atoms with van der Waals surface area (Å²) in [5.41, 5.74) is 0.624. The number of ketones is 1. The van der Waals surface area contributed by atoms with Crippen molar-refractivity contribution in [2.45, 2.75) is 9.64 Å². The topological polar surface area (TPSA) is 38.8 Å². The summed E-state index contributed by atoms with van der Waals surface area (Å²) >= 11 is 8.62. The molecule has 2 heterocycles. The van der Waals surface area contributed by atoms with Crippen molar-refractivity contribution in [2.75, 3.05) is 39.5 Å². The number of rotatable bonds is 4. The lowest BCUT2D eigenvalue weighted by atomic mass is 9.93. The number of ether oxygens (including phenoxy) is 2. The van der Waals surface area contributed by atoms with Crippen LogP contribution in [0.1, 0.15) is 10.4 Å². The van der Waals surface area contributed by atoms with E-state index in [2.05, 4.69) is 36.8 Å². The number of morpholine rings is 1. The quantitative estimate of drug-likeness (QED) is 0.596. The highest BCUT2D eigenvalue weighted by molar-refractivity contribution is 9.11. The van der Waals surface area contributed by atoms with Gasteiger partial charge in [0.05, 0.1) is 23.2 Å². The van der Waals surface area contributed by atoms with Gasteiger partial charge < -0.3 is 9.47 Å². The molecule has 0 aromatic heterocycles. The lowest BCUT2D eigenvalue weighted by molar-refractivity contribution is 0.0287. The fourth-order valence-corrected chi connectivity index (χ4v) is 6.09. The van der Waals surface area contributed by atoms with Crippen LogP contribution in [0.4, 0.5) is 0 Å². The van der Waals surface area contributed by atoms with E-state index in [0.29, 0.717) is 37.7 Å². The molecule has 7 heteroatoms. The Morgan fingerprint density at radius 3 is 2.59 bits per heavy atom. The number of hydrogen-bond donors (Lipinski definition) is 0. The van der Waals surface area contributed by atoms with Crippen LogP contribution in [0, 0.1) is 0 Å². The molecule has 2 aromatic rings. The monoisotopic (exact) mass is 511 g/mol. The van der Waals surface area contributed by atoms with Crippen LogP contribution in [0.2, 0.25) is 0 Å². The highest BCUT2D eigenvalue weighted by atomic mass is 79.9. The minimum atomic E-state index is -0.689. The van der Waals surface area contributed by atoms with Crippen LogP contribution in [0.25, 0.3) is 0 Å². The zero-order valence-corrected chi connectivity index (χ0v) is 18.6. The molecule has 4 nitrogen and oxygen atoms in total. The van der Waals surface area contributed by atoms with Crippen LogP contribution in [0.3, 0.4) is 0 Å². The van der Waals surface area contributed by atoms with Crippen molar-refractivity contribution in [3.8, 4) is 5.75 Å². The molecule has 2 aliphatic heterocycles. The number of Topliss-reactive ketones (excluding diaryl/α,β-unsaturated/α-hetero) is 1. The van der Waals surface area contributed by atoms with Crippen molar-refractivity contribution in [1.82, 2.24) is 4.90 Å². The molecule has 142 valence electrons. The van der Waals surface area contributed by atoms with Gasteiger partial charge in [-0.1, -0.05) is 34.1 Å². The molecule has 0 spiro atoms. The molecular formula is C20H19Br2NO3S. The second-order valence-electron chi connectivity index (χ2n) is 6.68. The molecule has 1 fully saturated rings. The molecule has 1 unspecified atom stereocenters. The molecule has 4 rings (SSSR count). The zero-order chi connectivity index (χ0) is 18.9. The van der Waals surface area contributed by atoms with Gasteiger partial charge in [-0.25, -0.2) is 0 Å². The van der Waals surface area contributed by atoms with Crippen LogP contribution in [0.15, 0.2) is 56.3 Å². The number of halogens is 2. The summed E-state index contributed by atoms with van der Waals surface area (Å²) in [6.07, 6.45) is 0. The molecule has 2 aliphatic rings. The average molecular weight is 513 g/mol. The maximum atomic E-state index is 13.7. The third-order valence-electron chi connectivity index (χ3n) is 4.76. The van der Waals surface area contributed by atoms with Crippen molar-refractivity contribution in [3.05, 3.63) is 57.0 Å². The maximum absolute atomic E-state index is 13.7. The first-order chi connectivity index (χ1) is 13.1. The predicted molar refractivity (Wildman–Crippen MR) is 114 cm³/mol. The van der Waals surface area contributed by atoms with E-state index in [9.17, 15) is 4.79 Å². The number of hydrogen-bond acceptors (Lipinski definition) is 5. The summed E-state index contributed by atoms with van der Waals surface area (Å²) in [6, 6.07) is 13.9. The average Bonchev–Trinajstić information content (AvgIpc) is 2.67. The normalized spacial score (nSPS) is 23.0. The van der Waals surface area contributed by atoms with Crippen molar-refractivity contribution in [1.29, 1.82) is 0 Å². The molecule has 1 atom stereocenters. The van der Waals surface area contributed by atoms with Crippen molar-refractivity contribution in [2.24, 2.45) is 0 Å². The summed E-state index contributed by atoms with van der Waals surface area (Å²) in [7, 11) is 0. The first kappa shape index (κ1) is 19.5. The number of nitrogens with zero attached hydrogens (tertiary/aromatic N) is 1. The van der Waals surface area contributed by atoms with Gasteiger partial charge in [-0.3, -0.25) is 9.69 Å². The molecule has 0 saturated carbocycles. The van der Waals surface area contributed by atoms with Gasteiger partial charge in [0.25, 0.3) is 0 Å². The van der Waals surface area contributed by atoms with Gasteiger partial charge in [0.1, 0.15) is 17.1 Å². The largest absolute Gasteiger partial charge is 0.490 e. The van der Waals surface area contributed by atoms with Gasteiger partial charge in [-0.15, -0.1) is 11.8 Å². The van der Waals surface area contributed by atoms with E-state index in [1.807, 2.05) is 42.5 Å². The Bertz CT molecular complexity index is 843. The Morgan fingerprint density at radius 2 is 1.85 bits per heavy atom. The van der Waals surface area contributed by atoms with Crippen molar-refractivity contribution in [3.63, 3.8) is 0 Å². The molecule has 2 aromatic carbocycles. The molecule has 0 aliphatic carbocycles. The maximum Gasteiger partial charge on any atom is 0.187 e. The number of fused-ring (bicyclic) bond motifs is 1. The zero-order valence-electron chi connectivity index (χ0n) is 14.6. The van der Waals surface area contributed by atoms with Gasteiger partial charge in [0.15, 0.2) is 5.78 Å². The summed E-state index contributed by atoms with van der Waals surface area (Å²) in [4.78, 5) is 17.1. The minimum absolute atomic E-state index is 0.117. The van der Waals surface area contributed by atoms with E-state index < -0.39 is 4.75 Å². The Balaban J connectivity index is 1.72. The first-order valence-corrected chi connectivity index (χ1v) is 11.2. The second-order valence-corrected chi connectivity index (χ2v) is 9.91. The van der Waals surface area contributed by atoms with E-state index in [1.54, 1.807) is 11.8 Å². The standard InChI is InChI=1S/C20H19Br2NO3S/c21-14-10-16-18(17(22)11-14)26-13-20(19(16)24,12-23-6-8-25-9-7-23)27-15-4-2-1-3-5-15/h1-5,10-11H,6-9,12-13H2. The molecular weight excluding hydrogens is 494 g/mol. The van der Waals surface area contributed by atoms with Crippen LogP contribution in [0.5, 0.6) is 5.75 Å². The summed E-state index contributed by atoms with van der Waals surface area (Å²) in [6.45, 7) is 4.05. The second kappa shape index (κ2) is 8.25. The summed E-state index contributed by atoms with van der Waals surface area (Å²) < 4.78 is 12.6. The van der Waals surface area contributed by atoms with E-state index in [0.717, 1.165) is 26.9 Å². The van der Waals surface area contributed by atoms with Gasteiger partial charge in [0, 0.05) is 29.0 Å². The predicted octanol–water partition coefficient (Wildman–Crippen LogP) is 4.65. The molecule has 0 bridgehead atoms. The fourth-order valence-electron chi connectivity index (χ4n) is 3.44. The minimum Gasteiger partial charge on any atom is -0.490 e. The SMILES string of the molecule is O=C1c2cc(Br)cc(Br)c2OCC1(CN1CCOCC1)Sc1ccccc1. The Morgan fingerprint density at radius 1 is 1.11 bits per heavy atom. The van der Waals surface area contributed by atoms with E-state index >= 15 is 0 Å². The Kier molecular flexibility index (Phi) is 5.94. The smallest absolute Gasteiger partial charge is 0.187 e. The Hall–Kier alpha value is -0.860. The molecule has 0 N–H and O–H groups in total. The van der Waals surface area contributed by atoms with E-state index in [-0.39, 0.29) is 5.78 Å². The van der Waals surface area contributed by atoms with Gasteiger partial charge in [-0.2, -0.15) is 0 Å². The molecule has 0 amide bonds. The van der Waals surface area contributed by atoms with Gasteiger partial charge in [0.2, 0.25) is 0 Å². The summed E-state index contributed by atoms with van der Waals surface area (Å²) in [5, 5.41) is 0. The van der Waals surface area contributed by atoms with Crippen LogP contribution < -0.4 is 4.74 Å². The lowest BCUT2D eigenvalue weighted by Gasteiger charge is -2.40. The summed E-state index contributed by atoms with van der Waals surface area (Å²) in [5.74, 6) is 0.751. The molecule has 27 heavy (non-hydrogen) atoms. The fraction of sp³-hybridized carbons (Fsp3) is 0.350. The third kappa shape index (κ3) is 4.12. The highest BCUT2D eigenvalue weighted by Gasteiger charge is 2.47. The Labute approximate surface area is 179 Å². The van der Waals surface area contributed by atoms with E-state index in [4.69, 9.17) is 9.47 Å². The van der Waals surface area contributed by atoms with Crippen LogP contribution in [-0.4, -0.2) is 54.9 Å². The van der Waals surface area contributed by atoms with Crippen molar-refractivity contribution >= 4 is 49.4 Å². The number of carbonyl (C=O) groups excluding carboxylic acids is 1. The van der Waals surface area contributed by atoms with Crippen molar-refractivity contribution < 1.29 is 14.3 Å². The number of benzene rings is 2. The third-order valence-corrected chi connectivity index (χ3v) is 7.13. The molecule has 1 saturated heterocycles.